The maximum atomic E-state index is 13.6. The Hall–Kier alpha value is -1.62. The molecule has 1 amide bonds. The third kappa shape index (κ3) is 3.67. The minimum Gasteiger partial charge on any atom is -0.465 e. The highest BCUT2D eigenvalue weighted by Gasteiger charge is 2.27. The number of carbonyl (C=O) groups excluding carboxylic acids is 2. The van der Waals surface area contributed by atoms with Gasteiger partial charge in [0.05, 0.1) is 23.8 Å². The molecule has 0 aliphatic heterocycles. The molecule has 4 nitrogen and oxygen atoms in total. The zero-order valence-corrected chi connectivity index (χ0v) is 11.7. The summed E-state index contributed by atoms with van der Waals surface area (Å²) in [6, 6.07) is 3.60. The average Bonchev–Trinajstić information content (AvgIpc) is 2.40. The van der Waals surface area contributed by atoms with E-state index in [2.05, 4.69) is 10.1 Å². The van der Waals surface area contributed by atoms with E-state index in [-0.39, 0.29) is 17.1 Å². The molecule has 1 rings (SSSR count). The molecule has 0 atom stereocenters. The normalized spacial score (nSPS) is 11.0. The summed E-state index contributed by atoms with van der Waals surface area (Å²) in [4.78, 5) is 23.2. The van der Waals surface area contributed by atoms with Gasteiger partial charge in [0, 0.05) is 5.88 Å². The molecule has 1 aromatic rings. The second kappa shape index (κ2) is 6.02. The number of hydrogen-bond acceptors (Lipinski definition) is 3. The zero-order valence-electron chi connectivity index (χ0n) is 10.9. The zero-order chi connectivity index (χ0) is 14.6. The van der Waals surface area contributed by atoms with Gasteiger partial charge in [0.25, 0.3) is 0 Å². The topological polar surface area (TPSA) is 55.4 Å². The molecular weight excluding hydrogens is 273 g/mol. The number of hydrogen-bond donors (Lipinski definition) is 1. The molecule has 0 heterocycles. The first-order chi connectivity index (χ1) is 8.81. The molecule has 1 N–H and O–H groups in total. The molecule has 0 aliphatic rings. The molecule has 0 bridgehead atoms. The minimum atomic E-state index is -0.838. The molecule has 1 aromatic carbocycles. The number of methoxy groups -OCH3 is 1. The standard InChI is InChI=1S/C13H15ClFNO3/c1-13(2,7-14)12(18)16-10-6-8(11(17)19-3)4-5-9(10)15/h4-6H,7H2,1-3H3,(H,16,18). The Morgan fingerprint density at radius 1 is 1.42 bits per heavy atom. The molecule has 0 aliphatic carbocycles. The van der Waals surface area contributed by atoms with Crippen LogP contribution < -0.4 is 5.32 Å². The van der Waals surface area contributed by atoms with Crippen LogP contribution in [0.15, 0.2) is 18.2 Å². The first-order valence-corrected chi connectivity index (χ1v) is 6.10. The lowest BCUT2D eigenvalue weighted by Crippen LogP contribution is -2.32. The fourth-order valence-corrected chi connectivity index (χ4v) is 1.34. The predicted octanol–water partition coefficient (Wildman–Crippen LogP) is 2.82. The summed E-state index contributed by atoms with van der Waals surface area (Å²) in [5.41, 5.74) is -0.760. The highest BCUT2D eigenvalue weighted by Crippen LogP contribution is 2.22. The number of amides is 1. The smallest absolute Gasteiger partial charge is 0.337 e. The fraction of sp³-hybridized carbons (Fsp3) is 0.385. The Labute approximate surface area is 115 Å². The summed E-state index contributed by atoms with van der Waals surface area (Å²) in [5, 5.41) is 2.41. The number of carbonyl (C=O) groups is 2. The number of anilines is 1. The van der Waals surface area contributed by atoms with Crippen molar-refractivity contribution in [1.29, 1.82) is 0 Å². The predicted molar refractivity (Wildman–Crippen MR) is 70.9 cm³/mol. The summed E-state index contributed by atoms with van der Waals surface area (Å²) in [6.45, 7) is 3.27. The molecule has 104 valence electrons. The Kier molecular flexibility index (Phi) is 4.89. The lowest BCUT2D eigenvalue weighted by atomic mass is 9.95. The van der Waals surface area contributed by atoms with Crippen molar-refractivity contribution in [2.24, 2.45) is 5.41 Å². The first kappa shape index (κ1) is 15.4. The number of benzene rings is 1. The SMILES string of the molecule is COC(=O)c1ccc(F)c(NC(=O)C(C)(C)CCl)c1. The second-order valence-corrected chi connectivity index (χ2v) is 4.93. The van der Waals surface area contributed by atoms with Gasteiger partial charge in [0.1, 0.15) is 5.82 Å². The van der Waals surface area contributed by atoms with Gasteiger partial charge in [0.15, 0.2) is 0 Å². The van der Waals surface area contributed by atoms with Gasteiger partial charge in [-0.05, 0) is 32.0 Å². The molecule has 0 saturated heterocycles. The van der Waals surface area contributed by atoms with Crippen LogP contribution in [0.3, 0.4) is 0 Å². The van der Waals surface area contributed by atoms with Gasteiger partial charge in [-0.15, -0.1) is 11.6 Å². The van der Waals surface area contributed by atoms with Crippen LogP contribution in [-0.4, -0.2) is 24.9 Å². The van der Waals surface area contributed by atoms with Gasteiger partial charge in [-0.2, -0.15) is 0 Å². The average molecular weight is 288 g/mol. The summed E-state index contributed by atoms with van der Waals surface area (Å²) in [7, 11) is 1.22. The van der Waals surface area contributed by atoms with Crippen LogP contribution in [0, 0.1) is 11.2 Å². The maximum absolute atomic E-state index is 13.6. The van der Waals surface area contributed by atoms with E-state index in [0.29, 0.717) is 0 Å². The van der Waals surface area contributed by atoms with Crippen molar-refractivity contribution < 1.29 is 18.7 Å². The molecule has 0 aromatic heterocycles. The van der Waals surface area contributed by atoms with E-state index in [4.69, 9.17) is 11.6 Å². The second-order valence-electron chi connectivity index (χ2n) is 4.66. The number of rotatable bonds is 4. The van der Waals surface area contributed by atoms with E-state index < -0.39 is 23.1 Å². The van der Waals surface area contributed by atoms with Gasteiger partial charge < -0.3 is 10.1 Å². The van der Waals surface area contributed by atoms with Crippen LogP contribution in [-0.2, 0) is 9.53 Å². The highest BCUT2D eigenvalue weighted by molar-refractivity contribution is 6.20. The Balaban J connectivity index is 3.01. The van der Waals surface area contributed by atoms with Gasteiger partial charge in [-0.25, -0.2) is 9.18 Å². The van der Waals surface area contributed by atoms with Crippen molar-refractivity contribution in [3.8, 4) is 0 Å². The molecule has 6 heteroatoms. The van der Waals surface area contributed by atoms with Gasteiger partial charge in [0.2, 0.25) is 5.91 Å². The molecule has 0 fully saturated rings. The lowest BCUT2D eigenvalue weighted by Gasteiger charge is -2.20. The molecule has 0 spiro atoms. The Morgan fingerprint density at radius 2 is 2.05 bits per heavy atom. The van der Waals surface area contributed by atoms with E-state index in [1.54, 1.807) is 13.8 Å². The number of halogens is 2. The van der Waals surface area contributed by atoms with Gasteiger partial charge >= 0.3 is 5.97 Å². The van der Waals surface area contributed by atoms with Crippen LogP contribution >= 0.6 is 11.6 Å². The largest absolute Gasteiger partial charge is 0.465 e. The molecule has 0 saturated carbocycles. The maximum Gasteiger partial charge on any atom is 0.337 e. The molecular formula is C13H15ClFNO3. The van der Waals surface area contributed by atoms with Crippen LogP contribution in [0.4, 0.5) is 10.1 Å². The molecule has 0 radical (unpaired) electrons. The minimum absolute atomic E-state index is 0.0777. The van der Waals surface area contributed by atoms with E-state index >= 15 is 0 Å². The van der Waals surface area contributed by atoms with Crippen molar-refractivity contribution >= 4 is 29.2 Å². The monoisotopic (exact) mass is 287 g/mol. The highest BCUT2D eigenvalue weighted by atomic mass is 35.5. The quantitative estimate of drug-likeness (QED) is 0.684. The van der Waals surface area contributed by atoms with Crippen molar-refractivity contribution in [3.05, 3.63) is 29.6 Å². The van der Waals surface area contributed by atoms with Crippen molar-refractivity contribution in [2.75, 3.05) is 18.3 Å². The van der Waals surface area contributed by atoms with Gasteiger partial charge in [-0.3, -0.25) is 4.79 Å². The van der Waals surface area contributed by atoms with Gasteiger partial charge in [-0.1, -0.05) is 0 Å². The van der Waals surface area contributed by atoms with E-state index in [1.165, 1.54) is 19.2 Å². The van der Waals surface area contributed by atoms with Crippen molar-refractivity contribution in [1.82, 2.24) is 0 Å². The van der Waals surface area contributed by atoms with Crippen LogP contribution in [0.1, 0.15) is 24.2 Å². The lowest BCUT2D eigenvalue weighted by molar-refractivity contribution is -0.123. The molecule has 19 heavy (non-hydrogen) atoms. The summed E-state index contributed by atoms with van der Waals surface area (Å²) >= 11 is 5.67. The summed E-state index contributed by atoms with van der Waals surface area (Å²) in [6.07, 6.45) is 0. The van der Waals surface area contributed by atoms with Crippen LogP contribution in [0.2, 0.25) is 0 Å². The fourth-order valence-electron chi connectivity index (χ4n) is 1.22. The third-order valence-corrected chi connectivity index (χ3v) is 3.25. The third-order valence-electron chi connectivity index (χ3n) is 2.58. The van der Waals surface area contributed by atoms with Crippen molar-refractivity contribution in [2.45, 2.75) is 13.8 Å². The van der Waals surface area contributed by atoms with Crippen LogP contribution in [0.5, 0.6) is 0 Å². The summed E-state index contributed by atoms with van der Waals surface area (Å²) < 4.78 is 18.1. The van der Waals surface area contributed by atoms with E-state index in [1.807, 2.05) is 0 Å². The van der Waals surface area contributed by atoms with E-state index in [9.17, 15) is 14.0 Å². The number of ether oxygens (including phenoxy) is 1. The van der Waals surface area contributed by atoms with Crippen molar-refractivity contribution in [3.63, 3.8) is 0 Å². The van der Waals surface area contributed by atoms with Crippen LogP contribution in [0.25, 0.3) is 0 Å². The Morgan fingerprint density at radius 3 is 2.58 bits per heavy atom. The number of alkyl halides is 1. The summed E-state index contributed by atoms with van der Waals surface area (Å²) in [5.74, 6) is -1.57. The first-order valence-electron chi connectivity index (χ1n) is 5.57. The Bertz CT molecular complexity index is 503. The van der Waals surface area contributed by atoms with E-state index in [0.717, 1.165) is 6.07 Å². The molecule has 0 unspecified atom stereocenters. The number of nitrogens with one attached hydrogen (secondary N) is 1. The number of esters is 1.